The summed E-state index contributed by atoms with van der Waals surface area (Å²) < 4.78 is 0. The highest BCUT2D eigenvalue weighted by molar-refractivity contribution is 7.98. The highest BCUT2D eigenvalue weighted by Gasteiger charge is 2.36. The van der Waals surface area contributed by atoms with E-state index in [0.29, 0.717) is 12.2 Å². The van der Waals surface area contributed by atoms with Gasteiger partial charge in [-0.3, -0.25) is 52.9 Å². The van der Waals surface area contributed by atoms with E-state index in [1.165, 1.54) is 18.7 Å². The van der Waals surface area contributed by atoms with E-state index in [2.05, 4.69) is 47.5 Å². The molecular weight excluding hydrogens is 997 g/mol. The molecule has 10 amide bonds. The fourth-order valence-electron chi connectivity index (χ4n) is 7.37. The fraction of sp³-hybridized carbons (Fsp3) is 0.750. The van der Waals surface area contributed by atoms with Gasteiger partial charge >= 0.3 is 5.97 Å². The van der Waals surface area contributed by atoms with Crippen LogP contribution in [0.2, 0.25) is 0 Å². The summed E-state index contributed by atoms with van der Waals surface area (Å²) in [6, 6.07) is -11.5. The molecule has 0 saturated heterocycles. The van der Waals surface area contributed by atoms with Gasteiger partial charge in [-0.15, -0.1) is 0 Å². The summed E-state index contributed by atoms with van der Waals surface area (Å²) in [6.45, 7) is 15.8. The van der Waals surface area contributed by atoms with Gasteiger partial charge in [-0.25, -0.2) is 4.79 Å². The first kappa shape index (κ1) is 68.8. The molecule has 428 valence electrons. The Balaban J connectivity index is 6.93. The van der Waals surface area contributed by atoms with E-state index < -0.39 is 138 Å². The van der Waals surface area contributed by atoms with Crippen molar-refractivity contribution in [1.29, 1.82) is 0 Å². The number of rotatable bonds is 38. The Morgan fingerprint density at radius 3 is 1.20 bits per heavy atom. The van der Waals surface area contributed by atoms with Gasteiger partial charge in [0.15, 0.2) is 5.96 Å². The zero-order valence-electron chi connectivity index (χ0n) is 45.4. The maximum atomic E-state index is 14.3. The Kier molecular flexibility index (Phi) is 32.9. The molecule has 0 heterocycles. The topological polar surface area (TPSA) is 447 Å². The Bertz CT molecular complexity index is 1950. The predicted molar refractivity (Wildman–Crippen MR) is 284 cm³/mol. The molecular formula is C48H88N14O12S. The van der Waals surface area contributed by atoms with Crippen LogP contribution in [0.5, 0.6) is 0 Å². The molecule has 0 spiro atoms. The first-order valence-corrected chi connectivity index (χ1v) is 26.9. The summed E-state index contributed by atoms with van der Waals surface area (Å²) in [5, 5.41) is 30.6. The van der Waals surface area contributed by atoms with Crippen LogP contribution in [-0.4, -0.2) is 149 Å². The summed E-state index contributed by atoms with van der Waals surface area (Å²) in [5.74, 6) is -10.2. The lowest BCUT2D eigenvalue weighted by molar-refractivity contribution is -0.143. The number of guanidine groups is 1. The number of nitrogens with one attached hydrogen (secondary N) is 8. The molecule has 0 rings (SSSR count). The summed E-state index contributed by atoms with van der Waals surface area (Å²) in [7, 11) is 0. The number of nitrogens with zero attached hydrogens (tertiary/aromatic N) is 1. The quantitative estimate of drug-likeness (QED) is 0.0178. The van der Waals surface area contributed by atoms with Gasteiger partial charge in [-0.05, 0) is 94.0 Å². The standard InChI is InChI=1S/C48H88N14O12S/c1-11-27(8)38(62-45(71)34(22-25(4)5)59-39(65)28(9)49)46(72)58-29(13-12-19-54-48(52)53)40(66)57-32(18-20-75-10)43(69)60-33(21-24(2)3)44(70)56-30(14-16-36(50)63)41(67)55-31(15-17-37(51)64)42(68)61-35(47(73)74)23-26(6)7/h24-35,38H,11-23,49H2,1-10H3,(H2,50,63)(H2,51,64)(H,55,67)(H,56,70)(H,57,66)(H,58,72)(H,59,65)(H,60,69)(H,61,68)(H,62,71)(H,73,74)(H4,52,53,54)/t27-,28-,29-,30-,31-,32-,33-,34-,35-,38-/m0/s1. The van der Waals surface area contributed by atoms with Gasteiger partial charge in [-0.2, -0.15) is 11.8 Å². The van der Waals surface area contributed by atoms with E-state index >= 15 is 0 Å². The number of carbonyl (C=O) groups is 11. The van der Waals surface area contributed by atoms with E-state index in [1.807, 2.05) is 13.8 Å². The molecule has 0 aromatic carbocycles. The summed E-state index contributed by atoms with van der Waals surface area (Å²) in [4.78, 5) is 150. The minimum absolute atomic E-state index is 0.000145. The number of aliphatic imine (C=N–C) groups is 1. The fourth-order valence-corrected chi connectivity index (χ4v) is 7.84. The van der Waals surface area contributed by atoms with Crippen molar-refractivity contribution in [1.82, 2.24) is 42.5 Å². The molecule has 0 radical (unpaired) electrons. The molecule has 0 bridgehead atoms. The number of carboxylic acids is 1. The second kappa shape index (κ2) is 35.9. The van der Waals surface area contributed by atoms with Crippen LogP contribution in [0.15, 0.2) is 4.99 Å². The number of amides is 10. The number of hydrogen-bond donors (Lipinski definition) is 14. The van der Waals surface area contributed by atoms with E-state index in [-0.39, 0.29) is 81.6 Å². The molecule has 75 heavy (non-hydrogen) atoms. The van der Waals surface area contributed by atoms with Crippen LogP contribution in [0.4, 0.5) is 0 Å². The van der Waals surface area contributed by atoms with Crippen molar-refractivity contribution in [2.45, 2.75) is 187 Å². The number of nitrogens with two attached hydrogens (primary N) is 5. The maximum Gasteiger partial charge on any atom is 0.326 e. The first-order chi connectivity index (χ1) is 34.9. The lowest BCUT2D eigenvalue weighted by Crippen LogP contribution is -2.61. The largest absolute Gasteiger partial charge is 0.480 e. The average molecular weight is 1090 g/mol. The van der Waals surface area contributed by atoms with Crippen molar-refractivity contribution in [2.75, 3.05) is 18.6 Å². The minimum Gasteiger partial charge on any atom is -0.480 e. The van der Waals surface area contributed by atoms with Crippen LogP contribution in [-0.2, 0) is 52.7 Å². The molecule has 27 heteroatoms. The molecule has 0 saturated carbocycles. The van der Waals surface area contributed by atoms with Crippen LogP contribution in [0.1, 0.15) is 133 Å². The van der Waals surface area contributed by atoms with Gasteiger partial charge < -0.3 is 76.3 Å². The number of hydrogen-bond acceptors (Lipinski definition) is 14. The number of carboxylic acid groups (broad SMARTS) is 1. The van der Waals surface area contributed by atoms with Crippen molar-refractivity contribution < 1.29 is 57.8 Å². The van der Waals surface area contributed by atoms with E-state index in [4.69, 9.17) is 28.7 Å². The molecule has 0 aliphatic heterocycles. The maximum absolute atomic E-state index is 14.3. The van der Waals surface area contributed by atoms with Crippen LogP contribution >= 0.6 is 11.8 Å². The van der Waals surface area contributed by atoms with Crippen LogP contribution in [0.25, 0.3) is 0 Å². The molecule has 0 aromatic rings. The molecule has 0 aliphatic rings. The van der Waals surface area contributed by atoms with E-state index in [0.717, 1.165) is 0 Å². The van der Waals surface area contributed by atoms with Crippen molar-refractivity contribution in [3.05, 3.63) is 0 Å². The molecule has 26 nitrogen and oxygen atoms in total. The molecule has 0 aliphatic carbocycles. The predicted octanol–water partition coefficient (Wildman–Crippen LogP) is -2.18. The number of thioether (sulfide) groups is 1. The molecule has 19 N–H and O–H groups in total. The minimum atomic E-state index is -1.56. The lowest BCUT2D eigenvalue weighted by atomic mass is 9.96. The highest BCUT2D eigenvalue weighted by Crippen LogP contribution is 2.15. The van der Waals surface area contributed by atoms with Crippen molar-refractivity contribution >= 4 is 82.8 Å². The van der Waals surface area contributed by atoms with Gasteiger partial charge in [0.05, 0.1) is 6.04 Å². The molecule has 0 unspecified atom stereocenters. The molecule has 0 aromatic heterocycles. The third kappa shape index (κ3) is 28.9. The van der Waals surface area contributed by atoms with E-state index in [1.54, 1.807) is 47.8 Å². The molecule has 10 atom stereocenters. The van der Waals surface area contributed by atoms with Crippen molar-refractivity contribution in [3.8, 4) is 0 Å². The zero-order chi connectivity index (χ0) is 57.7. The SMILES string of the molecule is CC[C@H](C)[C@H](NC(=O)[C@H](CC(C)C)NC(=O)[C@H](C)N)C(=O)N[C@@H](CCCN=C(N)N)C(=O)N[C@@H](CCSC)C(=O)N[C@@H](CC(C)C)C(=O)N[C@@H](CCC(N)=O)C(=O)N[C@@H](CCC(N)=O)C(=O)N[C@@H](CC(C)C)C(=O)O. The van der Waals surface area contributed by atoms with E-state index in [9.17, 15) is 57.8 Å². The van der Waals surface area contributed by atoms with Gasteiger partial charge in [0.1, 0.15) is 48.3 Å². The normalized spacial score (nSPS) is 15.2. The lowest BCUT2D eigenvalue weighted by Gasteiger charge is -2.30. The number of aliphatic carboxylic acids is 1. The van der Waals surface area contributed by atoms with Crippen LogP contribution < -0.4 is 71.2 Å². The number of primary amides is 2. The van der Waals surface area contributed by atoms with Gasteiger partial charge in [-0.1, -0.05) is 61.8 Å². The zero-order valence-corrected chi connectivity index (χ0v) is 46.2. The summed E-state index contributed by atoms with van der Waals surface area (Å²) in [6.07, 6.45) is 1.09. The third-order valence-corrected chi connectivity index (χ3v) is 12.3. The highest BCUT2D eigenvalue weighted by atomic mass is 32.2. The summed E-state index contributed by atoms with van der Waals surface area (Å²) >= 11 is 1.36. The van der Waals surface area contributed by atoms with Gasteiger partial charge in [0.2, 0.25) is 59.1 Å². The van der Waals surface area contributed by atoms with Crippen LogP contribution in [0, 0.1) is 23.7 Å². The van der Waals surface area contributed by atoms with Crippen molar-refractivity contribution in [3.63, 3.8) is 0 Å². The Morgan fingerprint density at radius 2 is 0.827 bits per heavy atom. The first-order valence-electron chi connectivity index (χ1n) is 25.5. The number of carbonyl (C=O) groups excluding carboxylic acids is 10. The monoisotopic (exact) mass is 1080 g/mol. The van der Waals surface area contributed by atoms with Gasteiger partial charge in [0.25, 0.3) is 0 Å². The Labute approximate surface area is 445 Å². The van der Waals surface area contributed by atoms with Crippen LogP contribution in [0.3, 0.4) is 0 Å². The average Bonchev–Trinajstić information content (AvgIpc) is 3.30. The smallest absolute Gasteiger partial charge is 0.326 e. The van der Waals surface area contributed by atoms with Crippen molar-refractivity contribution in [2.24, 2.45) is 57.3 Å². The second-order valence-electron chi connectivity index (χ2n) is 20.1. The molecule has 0 fully saturated rings. The Hall–Kier alpha value is -6.25. The van der Waals surface area contributed by atoms with Gasteiger partial charge in [0, 0.05) is 19.4 Å². The third-order valence-electron chi connectivity index (χ3n) is 11.7. The summed E-state index contributed by atoms with van der Waals surface area (Å²) in [5.41, 5.74) is 27.5. The second-order valence-corrected chi connectivity index (χ2v) is 21.0. The Morgan fingerprint density at radius 1 is 0.480 bits per heavy atom.